The number of fused-ring (bicyclic) bond motifs is 1. The van der Waals surface area contributed by atoms with Crippen molar-refractivity contribution < 1.29 is 23.8 Å². The van der Waals surface area contributed by atoms with Crippen molar-refractivity contribution in [1.29, 1.82) is 0 Å². The summed E-state index contributed by atoms with van der Waals surface area (Å²) in [6, 6.07) is 15.5. The van der Waals surface area contributed by atoms with Crippen molar-refractivity contribution in [3.05, 3.63) is 72.0 Å². The molecule has 0 aromatic heterocycles. The minimum absolute atomic E-state index is 0.0303. The molecule has 0 radical (unpaired) electrons. The van der Waals surface area contributed by atoms with Crippen molar-refractivity contribution >= 4 is 28.3 Å². The summed E-state index contributed by atoms with van der Waals surface area (Å²) in [6.45, 7) is -0.554. The van der Waals surface area contributed by atoms with Crippen LogP contribution >= 0.6 is 0 Å². The number of halogens is 1. The van der Waals surface area contributed by atoms with Crippen LogP contribution in [0.3, 0.4) is 0 Å². The second kappa shape index (κ2) is 7.00. The Morgan fingerprint density at radius 1 is 1.00 bits per heavy atom. The van der Waals surface area contributed by atoms with E-state index >= 15 is 0 Å². The highest BCUT2D eigenvalue weighted by Crippen LogP contribution is 2.25. The topological polar surface area (TPSA) is 75.6 Å². The van der Waals surface area contributed by atoms with Gasteiger partial charge in [0.2, 0.25) is 0 Å². The third kappa shape index (κ3) is 3.92. The first-order chi connectivity index (χ1) is 12.0. The summed E-state index contributed by atoms with van der Waals surface area (Å²) < 4.78 is 18.0. The number of esters is 1. The van der Waals surface area contributed by atoms with Crippen LogP contribution in [0.15, 0.2) is 60.7 Å². The van der Waals surface area contributed by atoms with Crippen molar-refractivity contribution in [2.24, 2.45) is 0 Å². The van der Waals surface area contributed by atoms with Gasteiger partial charge in [-0.25, -0.2) is 9.18 Å². The molecule has 1 amide bonds. The van der Waals surface area contributed by atoms with E-state index in [4.69, 9.17) is 4.74 Å². The average molecular weight is 339 g/mol. The fraction of sp³-hybridized carbons (Fsp3) is 0.0526. The number of aromatic hydroxyl groups is 1. The lowest BCUT2D eigenvalue weighted by Gasteiger charge is -2.09. The van der Waals surface area contributed by atoms with Gasteiger partial charge in [-0.2, -0.15) is 0 Å². The number of rotatable bonds is 4. The minimum Gasteiger partial charge on any atom is -0.507 e. The molecular weight excluding hydrogens is 325 g/mol. The molecule has 0 aliphatic carbocycles. The number of ether oxygens (including phenoxy) is 1. The number of phenols is 1. The fourth-order valence-electron chi connectivity index (χ4n) is 2.36. The Labute approximate surface area is 142 Å². The maximum Gasteiger partial charge on any atom is 0.342 e. The van der Waals surface area contributed by atoms with Gasteiger partial charge in [0, 0.05) is 5.69 Å². The van der Waals surface area contributed by atoms with E-state index in [1.807, 2.05) is 6.07 Å². The monoisotopic (exact) mass is 339 g/mol. The Bertz CT molecular complexity index is 955. The summed E-state index contributed by atoms with van der Waals surface area (Å²) >= 11 is 0. The standard InChI is InChI=1S/C19H14FNO4/c20-14-6-3-7-15(10-14)21-18(23)11-25-19(24)16-8-12-4-1-2-5-13(12)9-17(16)22/h1-10,22H,11H2,(H,21,23). The second-order valence-corrected chi connectivity index (χ2v) is 5.35. The number of carbonyl (C=O) groups is 2. The lowest BCUT2D eigenvalue weighted by atomic mass is 10.1. The minimum atomic E-state index is -0.822. The van der Waals surface area contributed by atoms with Gasteiger partial charge >= 0.3 is 5.97 Å². The average Bonchev–Trinajstić information content (AvgIpc) is 2.59. The molecule has 3 aromatic carbocycles. The number of amides is 1. The van der Waals surface area contributed by atoms with Gasteiger partial charge < -0.3 is 15.2 Å². The van der Waals surface area contributed by atoms with E-state index in [1.54, 1.807) is 18.2 Å². The van der Waals surface area contributed by atoms with Crippen LogP contribution in [-0.2, 0) is 9.53 Å². The van der Waals surface area contributed by atoms with E-state index in [-0.39, 0.29) is 17.0 Å². The SMILES string of the molecule is O=C(COC(=O)c1cc2ccccc2cc1O)Nc1cccc(F)c1. The van der Waals surface area contributed by atoms with Gasteiger partial charge in [-0.05, 0) is 41.1 Å². The molecule has 0 aliphatic heterocycles. The van der Waals surface area contributed by atoms with Crippen LogP contribution in [0.25, 0.3) is 10.8 Å². The first-order valence-electron chi connectivity index (χ1n) is 7.47. The molecule has 2 N–H and O–H groups in total. The largest absolute Gasteiger partial charge is 0.507 e. The third-order valence-corrected chi connectivity index (χ3v) is 3.53. The van der Waals surface area contributed by atoms with Crippen LogP contribution in [0.5, 0.6) is 5.75 Å². The summed E-state index contributed by atoms with van der Waals surface area (Å²) in [5.41, 5.74) is 0.229. The van der Waals surface area contributed by atoms with Crippen molar-refractivity contribution in [1.82, 2.24) is 0 Å². The molecule has 0 heterocycles. The van der Waals surface area contributed by atoms with Gasteiger partial charge in [0.15, 0.2) is 6.61 Å². The highest BCUT2D eigenvalue weighted by Gasteiger charge is 2.15. The van der Waals surface area contributed by atoms with Crippen LogP contribution in [0.4, 0.5) is 10.1 Å². The lowest BCUT2D eigenvalue weighted by Crippen LogP contribution is -2.21. The zero-order valence-electron chi connectivity index (χ0n) is 13.0. The summed E-state index contributed by atoms with van der Waals surface area (Å²) in [5, 5.41) is 13.9. The highest BCUT2D eigenvalue weighted by atomic mass is 19.1. The molecule has 0 fully saturated rings. The molecule has 0 aliphatic rings. The molecule has 0 saturated carbocycles. The molecule has 126 valence electrons. The maximum absolute atomic E-state index is 13.1. The first kappa shape index (κ1) is 16.4. The number of benzene rings is 3. The molecule has 25 heavy (non-hydrogen) atoms. The van der Waals surface area contributed by atoms with E-state index in [1.165, 1.54) is 30.3 Å². The van der Waals surface area contributed by atoms with Crippen LogP contribution in [0.1, 0.15) is 10.4 Å². The number of hydrogen-bond donors (Lipinski definition) is 2. The number of carbonyl (C=O) groups excluding carboxylic acids is 2. The Hall–Kier alpha value is -3.41. The molecule has 3 rings (SSSR count). The van der Waals surface area contributed by atoms with E-state index in [0.29, 0.717) is 0 Å². The smallest absolute Gasteiger partial charge is 0.342 e. The highest BCUT2D eigenvalue weighted by molar-refractivity contribution is 6.00. The van der Waals surface area contributed by atoms with Crippen molar-refractivity contribution in [2.45, 2.75) is 0 Å². The Kier molecular flexibility index (Phi) is 4.61. The van der Waals surface area contributed by atoms with Gasteiger partial charge in [0.25, 0.3) is 5.91 Å². The van der Waals surface area contributed by atoms with Crippen molar-refractivity contribution in [3.63, 3.8) is 0 Å². The van der Waals surface area contributed by atoms with E-state index in [9.17, 15) is 19.1 Å². The number of hydrogen-bond acceptors (Lipinski definition) is 4. The van der Waals surface area contributed by atoms with Gasteiger partial charge in [0.1, 0.15) is 17.1 Å². The predicted molar refractivity (Wildman–Crippen MR) is 90.9 cm³/mol. The predicted octanol–water partition coefficient (Wildman–Crippen LogP) is 3.48. The van der Waals surface area contributed by atoms with Gasteiger partial charge in [-0.3, -0.25) is 4.79 Å². The number of nitrogens with one attached hydrogen (secondary N) is 1. The Morgan fingerprint density at radius 2 is 1.72 bits per heavy atom. The Morgan fingerprint density at radius 3 is 2.44 bits per heavy atom. The molecule has 0 saturated heterocycles. The third-order valence-electron chi connectivity index (χ3n) is 3.53. The van der Waals surface area contributed by atoms with Crippen LogP contribution in [-0.4, -0.2) is 23.6 Å². The summed E-state index contributed by atoms with van der Waals surface area (Å²) in [4.78, 5) is 23.9. The zero-order chi connectivity index (χ0) is 17.8. The second-order valence-electron chi connectivity index (χ2n) is 5.35. The van der Waals surface area contributed by atoms with Gasteiger partial charge in [-0.1, -0.05) is 30.3 Å². The molecular formula is C19H14FNO4. The first-order valence-corrected chi connectivity index (χ1v) is 7.47. The quantitative estimate of drug-likeness (QED) is 0.714. The molecule has 5 nitrogen and oxygen atoms in total. The van der Waals surface area contributed by atoms with E-state index in [2.05, 4.69) is 5.32 Å². The van der Waals surface area contributed by atoms with Crippen LogP contribution in [0, 0.1) is 5.82 Å². The molecule has 0 atom stereocenters. The molecule has 6 heteroatoms. The number of phenolic OH excluding ortho intramolecular Hbond substituents is 1. The van der Waals surface area contributed by atoms with E-state index < -0.39 is 24.3 Å². The van der Waals surface area contributed by atoms with Gasteiger partial charge in [0.05, 0.1) is 0 Å². The normalized spacial score (nSPS) is 10.4. The number of anilines is 1. The zero-order valence-corrected chi connectivity index (χ0v) is 13.0. The van der Waals surface area contributed by atoms with Crippen LogP contribution < -0.4 is 5.32 Å². The maximum atomic E-state index is 13.1. The molecule has 3 aromatic rings. The molecule has 0 bridgehead atoms. The fourth-order valence-corrected chi connectivity index (χ4v) is 2.36. The van der Waals surface area contributed by atoms with Crippen LogP contribution in [0.2, 0.25) is 0 Å². The van der Waals surface area contributed by atoms with E-state index in [0.717, 1.165) is 16.8 Å². The lowest BCUT2D eigenvalue weighted by molar-refractivity contribution is -0.119. The van der Waals surface area contributed by atoms with Gasteiger partial charge in [-0.15, -0.1) is 0 Å². The van der Waals surface area contributed by atoms with Crippen molar-refractivity contribution in [3.8, 4) is 5.75 Å². The molecule has 0 unspecified atom stereocenters. The van der Waals surface area contributed by atoms with Crippen molar-refractivity contribution in [2.75, 3.05) is 11.9 Å². The summed E-state index contributed by atoms with van der Waals surface area (Å²) in [7, 11) is 0. The summed E-state index contributed by atoms with van der Waals surface area (Å²) in [6.07, 6.45) is 0. The Balaban J connectivity index is 1.66. The molecule has 0 spiro atoms. The summed E-state index contributed by atoms with van der Waals surface area (Å²) in [5.74, 6) is -2.15.